The summed E-state index contributed by atoms with van der Waals surface area (Å²) in [6, 6.07) is 59.4. The first-order valence-electron chi connectivity index (χ1n) is 16.0. The van der Waals surface area contributed by atoms with Gasteiger partial charge in [-0.2, -0.15) is 0 Å². The smallest absolute Gasteiger partial charge is 0.0725 e. The van der Waals surface area contributed by atoms with Crippen molar-refractivity contribution in [2.75, 3.05) is 0 Å². The zero-order valence-electron chi connectivity index (χ0n) is 24.9. The Balaban J connectivity index is 1.22. The maximum absolute atomic E-state index is 2.52. The SMILES string of the molecule is c1ccc2c(c1)-c1ccc(-c3cccc4c3Sc3cccc5cccc-4c35)cc1C21c2ccccc2-c2c1ccc1ccccc21. The van der Waals surface area contributed by atoms with E-state index in [0.29, 0.717) is 0 Å². The number of fused-ring (bicyclic) bond motifs is 14. The van der Waals surface area contributed by atoms with Crippen LogP contribution in [0.4, 0.5) is 0 Å². The van der Waals surface area contributed by atoms with Crippen molar-refractivity contribution >= 4 is 33.3 Å². The molecule has 0 fully saturated rings. The molecule has 1 heterocycles. The Morgan fingerprint density at radius 2 is 1.04 bits per heavy atom. The topological polar surface area (TPSA) is 0 Å². The zero-order chi connectivity index (χ0) is 30.0. The van der Waals surface area contributed by atoms with E-state index in [2.05, 4.69) is 158 Å². The van der Waals surface area contributed by atoms with Gasteiger partial charge < -0.3 is 0 Å². The van der Waals surface area contributed by atoms with Gasteiger partial charge in [0.05, 0.1) is 5.41 Å². The zero-order valence-corrected chi connectivity index (χ0v) is 25.7. The van der Waals surface area contributed by atoms with Crippen molar-refractivity contribution in [1.29, 1.82) is 0 Å². The fraction of sp³-hybridized carbons (Fsp3) is 0.0222. The molecular formula is C45H26S. The van der Waals surface area contributed by atoms with Crippen molar-refractivity contribution in [3.05, 3.63) is 180 Å². The Labute approximate surface area is 272 Å². The second-order valence-corrected chi connectivity index (χ2v) is 13.8. The fourth-order valence-electron chi connectivity index (χ4n) is 8.89. The quantitative estimate of drug-likeness (QED) is 0.181. The molecule has 0 aromatic heterocycles. The number of rotatable bonds is 1. The maximum atomic E-state index is 2.52. The maximum Gasteiger partial charge on any atom is 0.0725 e. The summed E-state index contributed by atoms with van der Waals surface area (Å²) in [7, 11) is 0. The van der Waals surface area contributed by atoms with Gasteiger partial charge in [-0.15, -0.1) is 0 Å². The summed E-state index contributed by atoms with van der Waals surface area (Å²) in [4.78, 5) is 2.68. The monoisotopic (exact) mass is 598 g/mol. The van der Waals surface area contributed by atoms with Gasteiger partial charge in [0.1, 0.15) is 0 Å². The lowest BCUT2D eigenvalue weighted by Gasteiger charge is -2.31. The summed E-state index contributed by atoms with van der Waals surface area (Å²) >= 11 is 1.92. The normalized spacial score (nSPS) is 16.3. The third-order valence-corrected chi connectivity index (χ3v) is 11.9. The molecule has 0 N–H and O–H groups in total. The standard InChI is InChI=1S/C45H26S/c1-2-13-30-27(10-1)23-25-39-43(30)36-15-4-6-20-38(36)45(39)37-19-5-3-14-32(37)33-24-22-29(26-40(33)45)31-16-9-18-35-34-17-7-11-28-12-8-21-41(42(28)34)46-44(31)35/h1-26H. The van der Waals surface area contributed by atoms with E-state index in [0.717, 1.165) is 0 Å². The van der Waals surface area contributed by atoms with Gasteiger partial charge in [0.25, 0.3) is 0 Å². The molecule has 8 aromatic rings. The summed E-state index contributed by atoms with van der Waals surface area (Å²) in [5.74, 6) is 0. The minimum absolute atomic E-state index is 0.377. The molecule has 1 atom stereocenters. The van der Waals surface area contributed by atoms with Crippen LogP contribution >= 0.6 is 11.8 Å². The molecule has 1 unspecified atom stereocenters. The van der Waals surface area contributed by atoms with Crippen LogP contribution in [0, 0.1) is 0 Å². The first kappa shape index (κ1) is 24.9. The van der Waals surface area contributed by atoms with Crippen molar-refractivity contribution in [2.24, 2.45) is 0 Å². The van der Waals surface area contributed by atoms with Crippen molar-refractivity contribution in [3.8, 4) is 44.5 Å². The summed E-state index contributed by atoms with van der Waals surface area (Å²) in [5.41, 5.74) is 15.8. The molecule has 0 amide bonds. The van der Waals surface area contributed by atoms with E-state index in [1.165, 1.54) is 98.1 Å². The average Bonchev–Trinajstić information content (AvgIpc) is 3.59. The third kappa shape index (κ3) is 2.97. The van der Waals surface area contributed by atoms with E-state index < -0.39 is 0 Å². The van der Waals surface area contributed by atoms with Crippen molar-refractivity contribution < 1.29 is 0 Å². The van der Waals surface area contributed by atoms with Crippen molar-refractivity contribution in [1.82, 2.24) is 0 Å². The van der Waals surface area contributed by atoms with E-state index in [1.807, 2.05) is 11.8 Å². The molecular weight excluding hydrogens is 573 g/mol. The highest BCUT2D eigenvalue weighted by atomic mass is 32.2. The van der Waals surface area contributed by atoms with Crippen molar-refractivity contribution in [3.63, 3.8) is 0 Å². The minimum Gasteiger partial charge on any atom is -0.0881 e. The summed E-state index contributed by atoms with van der Waals surface area (Å²) in [5, 5.41) is 5.29. The van der Waals surface area contributed by atoms with E-state index >= 15 is 0 Å². The predicted molar refractivity (Wildman–Crippen MR) is 193 cm³/mol. The Hall–Kier alpha value is -5.37. The van der Waals surface area contributed by atoms with E-state index in [9.17, 15) is 0 Å². The van der Waals surface area contributed by atoms with Gasteiger partial charge >= 0.3 is 0 Å². The molecule has 0 radical (unpaired) electrons. The summed E-state index contributed by atoms with van der Waals surface area (Å²) < 4.78 is 0. The van der Waals surface area contributed by atoms with Gasteiger partial charge in [-0.3, -0.25) is 0 Å². The molecule has 1 aliphatic heterocycles. The van der Waals surface area contributed by atoms with Gasteiger partial charge in [0, 0.05) is 15.2 Å². The molecule has 0 saturated heterocycles. The average molecular weight is 599 g/mol. The van der Waals surface area contributed by atoms with Crippen molar-refractivity contribution in [2.45, 2.75) is 15.2 Å². The van der Waals surface area contributed by atoms with Gasteiger partial charge in [-0.25, -0.2) is 0 Å². The summed E-state index contributed by atoms with van der Waals surface area (Å²) in [6.45, 7) is 0. The molecule has 11 rings (SSSR count). The molecule has 1 spiro atoms. The molecule has 212 valence electrons. The lowest BCUT2D eigenvalue weighted by molar-refractivity contribution is 0.794. The second kappa shape index (κ2) is 8.88. The van der Waals surface area contributed by atoms with Crippen LogP contribution in [0.3, 0.4) is 0 Å². The molecule has 1 heteroatoms. The van der Waals surface area contributed by atoms with E-state index in [1.54, 1.807) is 0 Å². The van der Waals surface area contributed by atoms with Crippen LogP contribution in [-0.2, 0) is 5.41 Å². The first-order chi connectivity index (χ1) is 22.8. The van der Waals surface area contributed by atoms with Crippen LogP contribution in [0.25, 0.3) is 66.1 Å². The van der Waals surface area contributed by atoms with Crippen LogP contribution in [0.5, 0.6) is 0 Å². The Bertz CT molecular complexity index is 2620. The highest BCUT2D eigenvalue weighted by molar-refractivity contribution is 8.00. The number of hydrogen-bond donors (Lipinski definition) is 0. The van der Waals surface area contributed by atoms with E-state index in [-0.39, 0.29) is 5.41 Å². The molecule has 46 heavy (non-hydrogen) atoms. The predicted octanol–water partition coefficient (Wildman–Crippen LogP) is 12.1. The fourth-order valence-corrected chi connectivity index (χ4v) is 10.2. The molecule has 2 aliphatic carbocycles. The Morgan fingerprint density at radius 3 is 1.96 bits per heavy atom. The molecule has 0 saturated carbocycles. The highest BCUT2D eigenvalue weighted by Crippen LogP contribution is 2.64. The summed E-state index contributed by atoms with van der Waals surface area (Å²) in [6.07, 6.45) is 0. The Morgan fingerprint density at radius 1 is 0.391 bits per heavy atom. The Kier molecular flexibility index (Phi) is 4.80. The lowest BCUT2D eigenvalue weighted by Crippen LogP contribution is -2.25. The second-order valence-electron chi connectivity index (χ2n) is 12.8. The van der Waals surface area contributed by atoms with Crippen LogP contribution in [0.1, 0.15) is 22.3 Å². The molecule has 0 bridgehead atoms. The first-order valence-corrected chi connectivity index (χ1v) is 16.8. The van der Waals surface area contributed by atoms with Gasteiger partial charge in [-0.05, 0) is 95.1 Å². The number of benzene rings is 8. The largest absolute Gasteiger partial charge is 0.0881 e. The van der Waals surface area contributed by atoms with Gasteiger partial charge in [-0.1, -0.05) is 157 Å². The van der Waals surface area contributed by atoms with Gasteiger partial charge in [0.15, 0.2) is 0 Å². The highest BCUT2D eigenvalue weighted by Gasteiger charge is 2.52. The molecule has 0 nitrogen and oxygen atoms in total. The van der Waals surface area contributed by atoms with Crippen LogP contribution < -0.4 is 0 Å². The van der Waals surface area contributed by atoms with Crippen LogP contribution in [0.2, 0.25) is 0 Å². The lowest BCUT2D eigenvalue weighted by atomic mass is 9.70. The number of hydrogen-bond acceptors (Lipinski definition) is 1. The van der Waals surface area contributed by atoms with Gasteiger partial charge in [0.2, 0.25) is 0 Å². The molecule has 3 aliphatic rings. The van der Waals surface area contributed by atoms with Crippen LogP contribution in [-0.4, -0.2) is 0 Å². The molecule has 8 aromatic carbocycles. The van der Waals surface area contributed by atoms with E-state index in [4.69, 9.17) is 0 Å². The van der Waals surface area contributed by atoms with Crippen LogP contribution in [0.15, 0.2) is 168 Å². The minimum atomic E-state index is -0.377. The third-order valence-electron chi connectivity index (χ3n) is 10.7.